The summed E-state index contributed by atoms with van der Waals surface area (Å²) >= 11 is 1.36. The largest absolute Gasteiger partial charge is 0.347 e. The Morgan fingerprint density at radius 2 is 2.30 bits per heavy atom. The number of carbonyl (C=O) groups excluding carboxylic acids is 1. The molecule has 0 spiro atoms. The number of aryl methyl sites for hydroxylation is 1. The van der Waals surface area contributed by atoms with Gasteiger partial charge in [-0.2, -0.15) is 0 Å². The van der Waals surface area contributed by atoms with Crippen LogP contribution in [0, 0.1) is 12.7 Å². The van der Waals surface area contributed by atoms with E-state index in [9.17, 15) is 9.18 Å². The van der Waals surface area contributed by atoms with Crippen LogP contribution in [-0.4, -0.2) is 10.9 Å². The van der Waals surface area contributed by atoms with Crippen LogP contribution in [0.4, 0.5) is 4.39 Å². The van der Waals surface area contributed by atoms with Crippen molar-refractivity contribution in [2.75, 3.05) is 0 Å². The molecule has 1 unspecified atom stereocenters. The highest BCUT2D eigenvalue weighted by molar-refractivity contribution is 7.09. The van der Waals surface area contributed by atoms with Gasteiger partial charge in [-0.1, -0.05) is 12.1 Å². The van der Waals surface area contributed by atoms with Crippen LogP contribution in [0.5, 0.6) is 0 Å². The quantitative estimate of drug-likeness (QED) is 0.910. The van der Waals surface area contributed by atoms with E-state index >= 15 is 0 Å². The Bertz CT molecular complexity index is 625. The third kappa shape index (κ3) is 3.40. The summed E-state index contributed by atoms with van der Waals surface area (Å²) in [7, 11) is 0. The number of thiazole rings is 1. The molecule has 2 rings (SSSR count). The van der Waals surface area contributed by atoms with Gasteiger partial charge in [-0.05, 0) is 31.0 Å². The molecule has 4 nitrogen and oxygen atoms in total. The monoisotopic (exact) mass is 293 g/mol. The van der Waals surface area contributed by atoms with Gasteiger partial charge in [-0.25, -0.2) is 9.37 Å². The molecular formula is C14H16FN3OS. The fourth-order valence-corrected chi connectivity index (χ4v) is 2.38. The van der Waals surface area contributed by atoms with Crippen LogP contribution >= 0.6 is 11.3 Å². The lowest BCUT2D eigenvalue weighted by molar-refractivity contribution is 0.0946. The second-order valence-corrected chi connectivity index (χ2v) is 5.52. The molecule has 1 atom stereocenters. The molecule has 0 aliphatic carbocycles. The van der Waals surface area contributed by atoms with Gasteiger partial charge in [0.25, 0.3) is 5.91 Å². The first-order chi connectivity index (χ1) is 9.47. The number of nitrogens with one attached hydrogen (secondary N) is 1. The van der Waals surface area contributed by atoms with Crippen molar-refractivity contribution < 1.29 is 9.18 Å². The molecule has 1 heterocycles. The molecule has 3 N–H and O–H groups in total. The van der Waals surface area contributed by atoms with Gasteiger partial charge >= 0.3 is 0 Å². The van der Waals surface area contributed by atoms with Crippen molar-refractivity contribution in [2.45, 2.75) is 26.4 Å². The SMILES string of the molecule is Cc1ccc(CNC(=O)c2csc(C(C)N)n2)cc1F. The molecule has 6 heteroatoms. The smallest absolute Gasteiger partial charge is 0.271 e. The third-order valence-corrected chi connectivity index (χ3v) is 3.88. The van der Waals surface area contributed by atoms with Gasteiger partial charge in [0.1, 0.15) is 16.5 Å². The van der Waals surface area contributed by atoms with Gasteiger partial charge in [0, 0.05) is 11.9 Å². The van der Waals surface area contributed by atoms with Gasteiger partial charge in [-0.15, -0.1) is 11.3 Å². The lowest BCUT2D eigenvalue weighted by atomic mass is 10.1. The molecule has 0 saturated carbocycles. The summed E-state index contributed by atoms with van der Waals surface area (Å²) in [5.74, 6) is -0.557. The zero-order valence-electron chi connectivity index (χ0n) is 11.3. The number of amides is 1. The van der Waals surface area contributed by atoms with Crippen molar-refractivity contribution in [1.82, 2.24) is 10.3 Å². The topological polar surface area (TPSA) is 68.0 Å². The second kappa shape index (κ2) is 6.11. The molecule has 2 aromatic rings. The molecule has 0 saturated heterocycles. The first-order valence-corrected chi connectivity index (χ1v) is 7.09. The maximum Gasteiger partial charge on any atom is 0.271 e. The van der Waals surface area contributed by atoms with Crippen molar-refractivity contribution in [3.63, 3.8) is 0 Å². The van der Waals surface area contributed by atoms with Crippen LogP contribution in [-0.2, 0) is 6.54 Å². The van der Waals surface area contributed by atoms with Crippen LogP contribution in [0.1, 0.15) is 39.6 Å². The third-order valence-electron chi connectivity index (χ3n) is 2.83. The Hall–Kier alpha value is -1.79. The van der Waals surface area contributed by atoms with E-state index in [4.69, 9.17) is 5.73 Å². The number of aromatic nitrogens is 1. The number of rotatable bonds is 4. The van der Waals surface area contributed by atoms with E-state index in [1.165, 1.54) is 17.4 Å². The van der Waals surface area contributed by atoms with E-state index in [1.807, 2.05) is 6.92 Å². The summed E-state index contributed by atoms with van der Waals surface area (Å²) in [6.45, 7) is 3.78. The van der Waals surface area contributed by atoms with Gasteiger partial charge in [-0.3, -0.25) is 4.79 Å². The van der Waals surface area contributed by atoms with Crippen LogP contribution in [0.3, 0.4) is 0 Å². The van der Waals surface area contributed by atoms with Gasteiger partial charge in [0.2, 0.25) is 0 Å². The van der Waals surface area contributed by atoms with Gasteiger partial charge < -0.3 is 11.1 Å². The van der Waals surface area contributed by atoms with Crippen molar-refractivity contribution in [3.05, 3.63) is 51.2 Å². The van der Waals surface area contributed by atoms with E-state index < -0.39 is 0 Å². The highest BCUT2D eigenvalue weighted by atomic mass is 32.1. The number of halogens is 1. The van der Waals surface area contributed by atoms with Gasteiger partial charge in [0.15, 0.2) is 0 Å². The Morgan fingerprint density at radius 1 is 1.55 bits per heavy atom. The van der Waals surface area contributed by atoms with E-state index in [0.717, 1.165) is 5.01 Å². The fourth-order valence-electron chi connectivity index (χ4n) is 1.62. The standard InChI is InChI=1S/C14H16FN3OS/c1-8-3-4-10(5-11(8)15)6-17-13(19)12-7-20-14(18-12)9(2)16/h3-5,7,9H,6,16H2,1-2H3,(H,17,19). The Kier molecular flexibility index (Phi) is 4.46. The van der Waals surface area contributed by atoms with Crippen LogP contribution < -0.4 is 11.1 Å². The lowest BCUT2D eigenvalue weighted by Crippen LogP contribution is -2.23. The maximum absolute atomic E-state index is 13.4. The minimum atomic E-state index is -0.283. The molecule has 0 aliphatic rings. The highest BCUT2D eigenvalue weighted by Crippen LogP contribution is 2.16. The zero-order chi connectivity index (χ0) is 14.7. The average molecular weight is 293 g/mol. The highest BCUT2D eigenvalue weighted by Gasteiger charge is 2.12. The normalized spacial score (nSPS) is 12.2. The van der Waals surface area contributed by atoms with E-state index in [0.29, 0.717) is 16.8 Å². The number of hydrogen-bond acceptors (Lipinski definition) is 4. The average Bonchev–Trinajstić information content (AvgIpc) is 2.89. The first-order valence-electron chi connectivity index (χ1n) is 6.21. The Labute approximate surface area is 120 Å². The van der Waals surface area contributed by atoms with E-state index in [1.54, 1.807) is 24.4 Å². The number of hydrogen-bond donors (Lipinski definition) is 2. The summed E-state index contributed by atoms with van der Waals surface area (Å²) in [4.78, 5) is 16.1. The summed E-state index contributed by atoms with van der Waals surface area (Å²) in [6.07, 6.45) is 0. The summed E-state index contributed by atoms with van der Waals surface area (Å²) in [5, 5.41) is 5.10. The molecule has 106 valence electrons. The molecule has 1 amide bonds. The molecule has 1 aromatic heterocycles. The Balaban J connectivity index is 1.99. The van der Waals surface area contributed by atoms with Gasteiger partial charge in [0.05, 0.1) is 6.04 Å². The molecule has 0 bridgehead atoms. The minimum Gasteiger partial charge on any atom is -0.347 e. The second-order valence-electron chi connectivity index (χ2n) is 4.63. The van der Waals surface area contributed by atoms with Crippen molar-refractivity contribution in [1.29, 1.82) is 0 Å². The molecule has 20 heavy (non-hydrogen) atoms. The van der Waals surface area contributed by atoms with E-state index in [-0.39, 0.29) is 24.3 Å². The number of carbonyl (C=O) groups is 1. The molecule has 0 radical (unpaired) electrons. The molecule has 0 aliphatic heterocycles. The Morgan fingerprint density at radius 3 is 2.90 bits per heavy atom. The predicted molar refractivity (Wildman–Crippen MR) is 77.0 cm³/mol. The van der Waals surface area contributed by atoms with Crippen LogP contribution in [0.25, 0.3) is 0 Å². The zero-order valence-corrected chi connectivity index (χ0v) is 12.1. The number of nitrogens with zero attached hydrogens (tertiary/aromatic N) is 1. The molecular weight excluding hydrogens is 277 g/mol. The first kappa shape index (κ1) is 14.6. The number of nitrogens with two attached hydrogens (primary N) is 1. The maximum atomic E-state index is 13.4. The van der Waals surface area contributed by atoms with Crippen molar-refractivity contribution >= 4 is 17.2 Å². The molecule has 1 aromatic carbocycles. The summed E-state index contributed by atoms with van der Waals surface area (Å²) in [5.41, 5.74) is 7.34. The summed E-state index contributed by atoms with van der Waals surface area (Å²) in [6, 6.07) is 4.71. The molecule has 0 fully saturated rings. The van der Waals surface area contributed by atoms with E-state index in [2.05, 4.69) is 10.3 Å². The van der Waals surface area contributed by atoms with Crippen molar-refractivity contribution in [3.8, 4) is 0 Å². The van der Waals surface area contributed by atoms with Crippen molar-refractivity contribution in [2.24, 2.45) is 5.73 Å². The van der Waals surface area contributed by atoms with Crippen LogP contribution in [0.15, 0.2) is 23.6 Å². The fraction of sp³-hybridized carbons (Fsp3) is 0.286. The summed E-state index contributed by atoms with van der Waals surface area (Å²) < 4.78 is 13.4. The van der Waals surface area contributed by atoms with Crippen LogP contribution in [0.2, 0.25) is 0 Å². The number of benzene rings is 1. The lowest BCUT2D eigenvalue weighted by Gasteiger charge is -2.05. The predicted octanol–water partition coefficient (Wildman–Crippen LogP) is 2.54. The minimum absolute atomic E-state index is 0.187.